The van der Waals surface area contributed by atoms with Gasteiger partial charge < -0.3 is 15.2 Å². The van der Waals surface area contributed by atoms with E-state index in [0.717, 1.165) is 16.9 Å². The predicted molar refractivity (Wildman–Crippen MR) is 77.4 cm³/mol. The van der Waals surface area contributed by atoms with E-state index in [2.05, 4.69) is 0 Å². The summed E-state index contributed by atoms with van der Waals surface area (Å²) in [5.41, 5.74) is 8.40. The lowest BCUT2D eigenvalue weighted by Crippen LogP contribution is -1.97. The van der Waals surface area contributed by atoms with E-state index in [4.69, 9.17) is 26.8 Å². The molecule has 19 heavy (non-hydrogen) atoms. The molecule has 0 unspecified atom stereocenters. The van der Waals surface area contributed by atoms with Gasteiger partial charge in [-0.1, -0.05) is 29.8 Å². The van der Waals surface area contributed by atoms with Crippen LogP contribution < -0.4 is 10.5 Å². The fraction of sp³-hybridized carbons (Fsp3) is 0.200. The Labute approximate surface area is 117 Å². The van der Waals surface area contributed by atoms with Crippen molar-refractivity contribution in [1.29, 1.82) is 0 Å². The summed E-state index contributed by atoms with van der Waals surface area (Å²) in [6.45, 7) is 0.934. The number of hydrogen-bond donors (Lipinski definition) is 1. The molecule has 0 aliphatic heterocycles. The number of ether oxygens (including phenoxy) is 2. The molecule has 0 saturated carbocycles. The minimum absolute atomic E-state index is 0.465. The first-order valence-corrected chi connectivity index (χ1v) is 6.31. The number of benzene rings is 2. The summed E-state index contributed by atoms with van der Waals surface area (Å²) >= 11 is 6.06. The molecule has 2 rings (SSSR count). The standard InChI is InChI=1S/C15H16ClNO2/c1-18-14-7-11(6-13(17)8-14)9-19-10-12-4-2-3-5-15(12)16/h2-8H,9-10,17H2,1H3. The molecule has 0 spiro atoms. The number of halogens is 1. The highest BCUT2D eigenvalue weighted by atomic mass is 35.5. The summed E-state index contributed by atoms with van der Waals surface area (Å²) in [6.07, 6.45) is 0. The van der Waals surface area contributed by atoms with Gasteiger partial charge in [0.1, 0.15) is 5.75 Å². The summed E-state index contributed by atoms with van der Waals surface area (Å²) in [6, 6.07) is 13.2. The van der Waals surface area contributed by atoms with E-state index in [1.165, 1.54) is 0 Å². The number of methoxy groups -OCH3 is 1. The van der Waals surface area contributed by atoms with E-state index < -0.39 is 0 Å². The van der Waals surface area contributed by atoms with Crippen LogP contribution in [0.1, 0.15) is 11.1 Å². The van der Waals surface area contributed by atoms with Crippen LogP contribution in [-0.2, 0) is 18.0 Å². The third kappa shape index (κ3) is 3.88. The van der Waals surface area contributed by atoms with Crippen molar-refractivity contribution in [2.24, 2.45) is 0 Å². The molecular weight excluding hydrogens is 262 g/mol. The molecule has 3 nitrogen and oxygen atoms in total. The van der Waals surface area contributed by atoms with Crippen molar-refractivity contribution < 1.29 is 9.47 Å². The van der Waals surface area contributed by atoms with Gasteiger partial charge in [0.2, 0.25) is 0 Å². The van der Waals surface area contributed by atoms with E-state index in [1.807, 2.05) is 36.4 Å². The van der Waals surface area contributed by atoms with Gasteiger partial charge in [-0.05, 0) is 29.3 Å². The Hall–Kier alpha value is -1.71. The smallest absolute Gasteiger partial charge is 0.121 e. The lowest BCUT2D eigenvalue weighted by atomic mass is 10.2. The van der Waals surface area contributed by atoms with Crippen LogP contribution in [0.4, 0.5) is 5.69 Å². The summed E-state index contributed by atoms with van der Waals surface area (Å²) in [5, 5.41) is 0.715. The van der Waals surface area contributed by atoms with E-state index in [1.54, 1.807) is 13.2 Å². The van der Waals surface area contributed by atoms with Gasteiger partial charge in [-0.15, -0.1) is 0 Å². The van der Waals surface area contributed by atoms with Crippen LogP contribution in [0.2, 0.25) is 5.02 Å². The molecule has 0 aliphatic carbocycles. The van der Waals surface area contributed by atoms with Gasteiger partial charge in [0.25, 0.3) is 0 Å². The van der Waals surface area contributed by atoms with Crippen LogP contribution in [-0.4, -0.2) is 7.11 Å². The van der Waals surface area contributed by atoms with E-state index in [-0.39, 0.29) is 0 Å². The molecule has 0 saturated heterocycles. The van der Waals surface area contributed by atoms with Crippen LogP contribution in [0, 0.1) is 0 Å². The molecule has 0 aromatic heterocycles. The quantitative estimate of drug-likeness (QED) is 0.849. The largest absolute Gasteiger partial charge is 0.497 e. The number of anilines is 1. The first-order chi connectivity index (χ1) is 9.19. The Kier molecular flexibility index (Phi) is 4.66. The molecule has 2 aromatic rings. The topological polar surface area (TPSA) is 44.5 Å². The average Bonchev–Trinajstić information content (AvgIpc) is 2.40. The second-order valence-electron chi connectivity index (χ2n) is 4.20. The first-order valence-electron chi connectivity index (χ1n) is 5.93. The van der Waals surface area contributed by atoms with Gasteiger partial charge in [0, 0.05) is 16.8 Å². The number of rotatable bonds is 5. The van der Waals surface area contributed by atoms with Crippen molar-refractivity contribution in [1.82, 2.24) is 0 Å². The molecule has 2 aromatic carbocycles. The van der Waals surface area contributed by atoms with Gasteiger partial charge in [0.15, 0.2) is 0 Å². The molecule has 2 N–H and O–H groups in total. The first kappa shape index (κ1) is 13.7. The van der Waals surface area contributed by atoms with Crippen LogP contribution >= 0.6 is 11.6 Å². The second kappa shape index (κ2) is 6.45. The minimum atomic E-state index is 0.465. The summed E-state index contributed by atoms with van der Waals surface area (Å²) in [7, 11) is 1.61. The van der Waals surface area contributed by atoms with E-state index >= 15 is 0 Å². The van der Waals surface area contributed by atoms with Crippen LogP contribution in [0.25, 0.3) is 0 Å². The molecule has 0 atom stereocenters. The molecule has 0 heterocycles. The fourth-order valence-electron chi connectivity index (χ4n) is 1.78. The predicted octanol–water partition coefficient (Wildman–Crippen LogP) is 3.65. The zero-order valence-electron chi connectivity index (χ0n) is 10.7. The van der Waals surface area contributed by atoms with Gasteiger partial charge in [-0.2, -0.15) is 0 Å². The molecule has 0 amide bonds. The van der Waals surface area contributed by atoms with Crippen molar-refractivity contribution in [2.45, 2.75) is 13.2 Å². The zero-order valence-corrected chi connectivity index (χ0v) is 11.5. The normalized spacial score (nSPS) is 10.4. The zero-order chi connectivity index (χ0) is 13.7. The highest BCUT2D eigenvalue weighted by Gasteiger charge is 2.02. The molecule has 4 heteroatoms. The Morgan fingerprint density at radius 1 is 1.11 bits per heavy atom. The van der Waals surface area contributed by atoms with Gasteiger partial charge in [0.05, 0.1) is 20.3 Å². The molecule has 0 radical (unpaired) electrons. The van der Waals surface area contributed by atoms with Gasteiger partial charge >= 0.3 is 0 Å². The summed E-state index contributed by atoms with van der Waals surface area (Å²) < 4.78 is 10.8. The van der Waals surface area contributed by atoms with E-state index in [9.17, 15) is 0 Å². The third-order valence-corrected chi connectivity index (χ3v) is 3.08. The highest BCUT2D eigenvalue weighted by Crippen LogP contribution is 2.20. The Morgan fingerprint density at radius 2 is 1.89 bits per heavy atom. The van der Waals surface area contributed by atoms with Crippen LogP contribution in [0.15, 0.2) is 42.5 Å². The Balaban J connectivity index is 1.96. The molecule has 0 aliphatic rings. The van der Waals surface area contributed by atoms with Crippen LogP contribution in [0.3, 0.4) is 0 Å². The number of nitrogens with two attached hydrogens (primary N) is 1. The van der Waals surface area contributed by atoms with Crippen molar-refractivity contribution in [3.63, 3.8) is 0 Å². The maximum atomic E-state index is 6.06. The van der Waals surface area contributed by atoms with Crippen molar-refractivity contribution in [3.8, 4) is 5.75 Å². The summed E-state index contributed by atoms with van der Waals surface area (Å²) in [5.74, 6) is 0.733. The highest BCUT2D eigenvalue weighted by molar-refractivity contribution is 6.31. The van der Waals surface area contributed by atoms with Crippen LogP contribution in [0.5, 0.6) is 5.75 Å². The number of nitrogen functional groups attached to an aromatic ring is 1. The molecule has 0 bridgehead atoms. The van der Waals surface area contributed by atoms with Crippen molar-refractivity contribution >= 4 is 17.3 Å². The van der Waals surface area contributed by atoms with E-state index in [0.29, 0.717) is 23.9 Å². The molecular formula is C15H16ClNO2. The minimum Gasteiger partial charge on any atom is -0.497 e. The maximum Gasteiger partial charge on any atom is 0.121 e. The van der Waals surface area contributed by atoms with Gasteiger partial charge in [-0.3, -0.25) is 0 Å². The second-order valence-corrected chi connectivity index (χ2v) is 4.61. The molecule has 0 fully saturated rings. The fourth-order valence-corrected chi connectivity index (χ4v) is 1.97. The lowest BCUT2D eigenvalue weighted by molar-refractivity contribution is 0.107. The molecule has 100 valence electrons. The van der Waals surface area contributed by atoms with Crippen molar-refractivity contribution in [3.05, 3.63) is 58.6 Å². The number of hydrogen-bond acceptors (Lipinski definition) is 3. The lowest BCUT2D eigenvalue weighted by Gasteiger charge is -2.08. The van der Waals surface area contributed by atoms with Crippen molar-refractivity contribution in [2.75, 3.05) is 12.8 Å². The third-order valence-electron chi connectivity index (χ3n) is 2.71. The Morgan fingerprint density at radius 3 is 2.63 bits per heavy atom. The SMILES string of the molecule is COc1cc(N)cc(COCc2ccccc2Cl)c1. The van der Waals surface area contributed by atoms with Gasteiger partial charge in [-0.25, -0.2) is 0 Å². The summed E-state index contributed by atoms with van der Waals surface area (Å²) in [4.78, 5) is 0. The maximum absolute atomic E-state index is 6.06. The average molecular weight is 278 g/mol. The monoisotopic (exact) mass is 277 g/mol. The Bertz CT molecular complexity index is 558.